The van der Waals surface area contributed by atoms with E-state index in [9.17, 15) is 4.79 Å². The number of hydrogen-bond acceptors (Lipinski definition) is 3. The molecule has 4 heteroatoms. The molecule has 0 aromatic heterocycles. The maximum absolute atomic E-state index is 11.4. The second kappa shape index (κ2) is 4.14. The molecule has 1 amide bonds. The van der Waals surface area contributed by atoms with Gasteiger partial charge in [-0.2, -0.15) is 11.8 Å². The molecular weight excluding hydrogens is 172 g/mol. The van der Waals surface area contributed by atoms with E-state index < -0.39 is 0 Å². The van der Waals surface area contributed by atoms with Crippen LogP contribution in [0, 0.1) is 0 Å². The van der Waals surface area contributed by atoms with Gasteiger partial charge in [-0.15, -0.1) is 0 Å². The molecule has 0 unspecified atom stereocenters. The van der Waals surface area contributed by atoms with Crippen LogP contribution in [0.3, 0.4) is 0 Å². The number of thioether (sulfide) groups is 1. The van der Waals surface area contributed by atoms with Gasteiger partial charge in [0.1, 0.15) is 0 Å². The Balaban J connectivity index is 2.45. The molecule has 1 aliphatic heterocycles. The maximum Gasteiger partial charge on any atom is 0.239 e. The first-order chi connectivity index (χ1) is 5.63. The van der Waals surface area contributed by atoms with Crippen molar-refractivity contribution in [1.29, 1.82) is 0 Å². The summed E-state index contributed by atoms with van der Waals surface area (Å²) in [6, 6.07) is 0.0501. The zero-order valence-corrected chi connectivity index (χ0v) is 8.43. The van der Waals surface area contributed by atoms with Crippen LogP contribution < -0.4 is 5.73 Å². The lowest BCUT2D eigenvalue weighted by Gasteiger charge is -2.25. The summed E-state index contributed by atoms with van der Waals surface area (Å²) in [5, 5.41) is 0. The molecule has 1 heterocycles. The highest BCUT2D eigenvalue weighted by Gasteiger charge is 2.25. The molecule has 0 bridgehead atoms. The lowest BCUT2D eigenvalue weighted by atomic mass is 10.2. The lowest BCUT2D eigenvalue weighted by molar-refractivity contribution is -0.132. The summed E-state index contributed by atoms with van der Waals surface area (Å²) in [7, 11) is 1.85. The molecule has 0 spiro atoms. The molecule has 12 heavy (non-hydrogen) atoms. The third-order valence-electron chi connectivity index (χ3n) is 2.19. The Bertz CT molecular complexity index is 166. The number of nitrogens with two attached hydrogens (primary N) is 1. The van der Waals surface area contributed by atoms with E-state index in [1.165, 1.54) is 5.75 Å². The minimum absolute atomic E-state index is 0.0579. The Labute approximate surface area is 77.7 Å². The highest BCUT2D eigenvalue weighted by atomic mass is 32.2. The highest BCUT2D eigenvalue weighted by Crippen LogP contribution is 2.21. The van der Waals surface area contributed by atoms with Crippen LogP contribution in [0.2, 0.25) is 0 Å². The molecular formula is C8H16N2OS. The summed E-state index contributed by atoms with van der Waals surface area (Å²) in [4.78, 5) is 13.2. The van der Waals surface area contributed by atoms with E-state index in [1.807, 2.05) is 18.8 Å². The molecule has 0 aromatic rings. The first kappa shape index (κ1) is 9.86. The fraction of sp³-hybridized carbons (Fsp3) is 0.875. The summed E-state index contributed by atoms with van der Waals surface area (Å²) >= 11 is 1.90. The molecule has 70 valence electrons. The minimum Gasteiger partial charge on any atom is -0.341 e. The third kappa shape index (κ3) is 2.14. The van der Waals surface area contributed by atoms with E-state index in [2.05, 4.69) is 0 Å². The van der Waals surface area contributed by atoms with Crippen LogP contribution in [-0.4, -0.2) is 41.4 Å². The summed E-state index contributed by atoms with van der Waals surface area (Å²) in [5.41, 5.74) is 5.51. The Morgan fingerprint density at radius 2 is 2.42 bits per heavy atom. The van der Waals surface area contributed by atoms with Crippen molar-refractivity contribution in [1.82, 2.24) is 4.90 Å². The molecule has 1 saturated heterocycles. The van der Waals surface area contributed by atoms with Crippen LogP contribution in [0.5, 0.6) is 0 Å². The normalized spacial score (nSPS) is 25.4. The van der Waals surface area contributed by atoms with Crippen LogP contribution in [-0.2, 0) is 4.79 Å². The van der Waals surface area contributed by atoms with E-state index in [4.69, 9.17) is 5.73 Å². The second-order valence-electron chi connectivity index (χ2n) is 3.26. The number of carbonyl (C=O) groups is 1. The molecule has 2 N–H and O–H groups in total. The Morgan fingerprint density at radius 3 is 2.83 bits per heavy atom. The molecule has 3 nitrogen and oxygen atoms in total. The van der Waals surface area contributed by atoms with Crippen molar-refractivity contribution in [2.75, 3.05) is 18.6 Å². The van der Waals surface area contributed by atoms with Crippen LogP contribution in [0.15, 0.2) is 0 Å². The Kier molecular flexibility index (Phi) is 3.40. The summed E-state index contributed by atoms with van der Waals surface area (Å²) < 4.78 is 0. The van der Waals surface area contributed by atoms with Crippen molar-refractivity contribution >= 4 is 17.7 Å². The topological polar surface area (TPSA) is 46.3 Å². The van der Waals surface area contributed by atoms with Gasteiger partial charge < -0.3 is 10.6 Å². The predicted molar refractivity (Wildman–Crippen MR) is 52.1 cm³/mol. The number of rotatable bonds is 2. The lowest BCUT2D eigenvalue weighted by Crippen LogP contribution is -2.45. The average Bonchev–Trinajstić information content (AvgIpc) is 2.53. The quantitative estimate of drug-likeness (QED) is 0.678. The third-order valence-corrected chi connectivity index (χ3v) is 3.34. The second-order valence-corrected chi connectivity index (χ2v) is 4.41. The van der Waals surface area contributed by atoms with Crippen LogP contribution >= 0.6 is 11.8 Å². The van der Waals surface area contributed by atoms with E-state index in [-0.39, 0.29) is 11.9 Å². The first-order valence-electron chi connectivity index (χ1n) is 4.23. The van der Waals surface area contributed by atoms with Crippen molar-refractivity contribution in [2.45, 2.75) is 25.4 Å². The summed E-state index contributed by atoms with van der Waals surface area (Å²) in [6.07, 6.45) is 1.11. The fourth-order valence-corrected chi connectivity index (χ4v) is 2.60. The van der Waals surface area contributed by atoms with Gasteiger partial charge in [-0.1, -0.05) is 0 Å². The van der Waals surface area contributed by atoms with E-state index in [0.717, 1.165) is 12.2 Å². The fourth-order valence-electron chi connectivity index (χ4n) is 1.33. The van der Waals surface area contributed by atoms with Gasteiger partial charge in [-0.05, 0) is 19.1 Å². The van der Waals surface area contributed by atoms with Crippen molar-refractivity contribution in [3.8, 4) is 0 Å². The molecule has 1 aliphatic rings. The van der Waals surface area contributed by atoms with Gasteiger partial charge in [0, 0.05) is 18.8 Å². The minimum atomic E-state index is -0.361. The summed E-state index contributed by atoms with van der Waals surface area (Å²) in [5.74, 6) is 2.29. The molecule has 0 radical (unpaired) electrons. The molecule has 2 atom stereocenters. The van der Waals surface area contributed by atoms with Crippen molar-refractivity contribution in [3.63, 3.8) is 0 Å². The molecule has 1 fully saturated rings. The molecule has 0 aliphatic carbocycles. The summed E-state index contributed by atoms with van der Waals surface area (Å²) in [6.45, 7) is 1.74. The van der Waals surface area contributed by atoms with E-state index in [1.54, 1.807) is 11.8 Å². The maximum atomic E-state index is 11.4. The van der Waals surface area contributed by atoms with Gasteiger partial charge in [0.05, 0.1) is 6.04 Å². The number of nitrogens with zero attached hydrogens (tertiary/aromatic N) is 1. The SMILES string of the molecule is C[C@@H](N)C(=O)N(C)[C@H]1CCSC1. The first-order valence-corrected chi connectivity index (χ1v) is 5.38. The standard InChI is InChI=1S/C8H16N2OS/c1-6(9)8(11)10(2)7-3-4-12-5-7/h6-7H,3-5,9H2,1-2H3/t6-,7+/m1/s1. The highest BCUT2D eigenvalue weighted by molar-refractivity contribution is 7.99. The van der Waals surface area contributed by atoms with Crippen molar-refractivity contribution in [2.24, 2.45) is 5.73 Å². The molecule has 0 saturated carbocycles. The largest absolute Gasteiger partial charge is 0.341 e. The Hall–Kier alpha value is -0.220. The van der Waals surface area contributed by atoms with E-state index >= 15 is 0 Å². The molecule has 1 rings (SSSR count). The van der Waals surface area contributed by atoms with Gasteiger partial charge in [-0.3, -0.25) is 4.79 Å². The smallest absolute Gasteiger partial charge is 0.239 e. The Morgan fingerprint density at radius 1 is 1.75 bits per heavy atom. The number of likely N-dealkylation sites (N-methyl/N-ethyl adjacent to an activating group) is 1. The van der Waals surface area contributed by atoms with Gasteiger partial charge in [0.25, 0.3) is 0 Å². The zero-order valence-electron chi connectivity index (χ0n) is 7.62. The van der Waals surface area contributed by atoms with Gasteiger partial charge in [0.2, 0.25) is 5.91 Å². The zero-order chi connectivity index (χ0) is 9.14. The van der Waals surface area contributed by atoms with Crippen LogP contribution in [0.25, 0.3) is 0 Å². The monoisotopic (exact) mass is 188 g/mol. The van der Waals surface area contributed by atoms with Gasteiger partial charge >= 0.3 is 0 Å². The van der Waals surface area contributed by atoms with Crippen molar-refractivity contribution in [3.05, 3.63) is 0 Å². The van der Waals surface area contributed by atoms with Crippen LogP contribution in [0.4, 0.5) is 0 Å². The van der Waals surface area contributed by atoms with Gasteiger partial charge in [-0.25, -0.2) is 0 Å². The van der Waals surface area contributed by atoms with Crippen molar-refractivity contribution < 1.29 is 4.79 Å². The average molecular weight is 188 g/mol. The number of carbonyl (C=O) groups excluding carboxylic acids is 1. The predicted octanol–water partition coefficient (Wildman–Crippen LogP) is 0.298. The molecule has 0 aromatic carbocycles. The van der Waals surface area contributed by atoms with E-state index in [0.29, 0.717) is 6.04 Å². The van der Waals surface area contributed by atoms with Gasteiger partial charge in [0.15, 0.2) is 0 Å². The number of amides is 1. The number of hydrogen-bond donors (Lipinski definition) is 1. The van der Waals surface area contributed by atoms with Crippen LogP contribution in [0.1, 0.15) is 13.3 Å².